The van der Waals surface area contributed by atoms with Crippen molar-refractivity contribution in [3.8, 4) is 11.5 Å². The molecule has 0 spiro atoms. The molecule has 0 fully saturated rings. The number of ether oxygens (including phenoxy) is 2. The van der Waals surface area contributed by atoms with Crippen LogP contribution in [-0.4, -0.2) is 6.79 Å². The van der Waals surface area contributed by atoms with Crippen molar-refractivity contribution < 1.29 is 9.47 Å². The van der Waals surface area contributed by atoms with Crippen molar-refractivity contribution in [1.82, 2.24) is 0 Å². The quantitative estimate of drug-likeness (QED) is 0.914. The van der Waals surface area contributed by atoms with E-state index in [9.17, 15) is 0 Å². The van der Waals surface area contributed by atoms with Gasteiger partial charge in [0.2, 0.25) is 6.79 Å². The molecule has 18 heavy (non-hydrogen) atoms. The average Bonchev–Trinajstić information content (AvgIpc) is 2.85. The zero-order chi connectivity index (χ0) is 12.4. The molecule has 2 aromatic rings. The number of benzene rings is 2. The largest absolute Gasteiger partial charge is 0.454 e. The minimum absolute atomic E-state index is 0.309. The lowest BCUT2D eigenvalue weighted by Gasteiger charge is -2.07. The lowest BCUT2D eigenvalue weighted by atomic mass is 10.2. The summed E-state index contributed by atoms with van der Waals surface area (Å²) in [6.07, 6.45) is 0. The topological polar surface area (TPSA) is 30.5 Å². The number of hydrogen-bond acceptors (Lipinski definition) is 3. The van der Waals surface area contributed by atoms with Gasteiger partial charge in [-0.15, -0.1) is 0 Å². The van der Waals surface area contributed by atoms with Gasteiger partial charge in [0.25, 0.3) is 0 Å². The molecule has 1 aliphatic rings. The van der Waals surface area contributed by atoms with Crippen molar-refractivity contribution in [3.63, 3.8) is 0 Å². The second-order valence-corrected chi connectivity index (χ2v) is 4.48. The van der Waals surface area contributed by atoms with Crippen LogP contribution in [0.4, 0.5) is 5.69 Å². The summed E-state index contributed by atoms with van der Waals surface area (Å²) < 4.78 is 10.6. The van der Waals surface area contributed by atoms with E-state index in [0.29, 0.717) is 6.79 Å². The van der Waals surface area contributed by atoms with E-state index in [4.69, 9.17) is 21.1 Å². The first kappa shape index (κ1) is 11.2. The van der Waals surface area contributed by atoms with Crippen LogP contribution in [0.25, 0.3) is 0 Å². The zero-order valence-electron chi connectivity index (χ0n) is 9.65. The first-order valence-electron chi connectivity index (χ1n) is 5.69. The van der Waals surface area contributed by atoms with E-state index in [0.717, 1.165) is 34.3 Å². The molecule has 0 saturated heterocycles. The van der Waals surface area contributed by atoms with E-state index in [1.54, 1.807) is 0 Å². The number of hydrogen-bond donors (Lipinski definition) is 1. The van der Waals surface area contributed by atoms with Crippen LogP contribution in [0, 0.1) is 0 Å². The van der Waals surface area contributed by atoms with Gasteiger partial charge in [0.05, 0.1) is 0 Å². The summed E-state index contributed by atoms with van der Waals surface area (Å²) in [6, 6.07) is 13.6. The second-order valence-electron chi connectivity index (χ2n) is 4.05. The van der Waals surface area contributed by atoms with Gasteiger partial charge in [0, 0.05) is 17.3 Å². The third-order valence-electron chi connectivity index (χ3n) is 2.78. The summed E-state index contributed by atoms with van der Waals surface area (Å²) >= 11 is 5.83. The molecule has 1 aliphatic heterocycles. The summed E-state index contributed by atoms with van der Waals surface area (Å²) in [5.74, 6) is 1.62. The molecule has 92 valence electrons. The lowest BCUT2D eigenvalue weighted by Crippen LogP contribution is -1.98. The molecule has 0 atom stereocenters. The fourth-order valence-electron chi connectivity index (χ4n) is 1.82. The Morgan fingerprint density at radius 3 is 2.61 bits per heavy atom. The Labute approximate surface area is 110 Å². The highest BCUT2D eigenvalue weighted by Gasteiger charge is 2.12. The molecule has 2 aromatic carbocycles. The summed E-state index contributed by atoms with van der Waals surface area (Å²) in [5.41, 5.74) is 2.19. The standard InChI is InChI=1S/C14H12ClNO2/c15-11-2-4-12(5-3-11)16-8-10-1-6-13-14(7-10)18-9-17-13/h1-7,16H,8-9H2. The fourth-order valence-corrected chi connectivity index (χ4v) is 1.95. The fraction of sp³-hybridized carbons (Fsp3) is 0.143. The number of nitrogens with one attached hydrogen (secondary N) is 1. The maximum absolute atomic E-state index is 5.83. The van der Waals surface area contributed by atoms with Gasteiger partial charge in [-0.1, -0.05) is 17.7 Å². The molecular formula is C14H12ClNO2. The van der Waals surface area contributed by atoms with Gasteiger partial charge in [-0.05, 0) is 42.0 Å². The number of anilines is 1. The van der Waals surface area contributed by atoms with Crippen molar-refractivity contribution in [1.29, 1.82) is 0 Å². The molecule has 0 radical (unpaired) electrons. The van der Waals surface area contributed by atoms with Crippen LogP contribution >= 0.6 is 11.6 Å². The third-order valence-corrected chi connectivity index (χ3v) is 3.03. The smallest absolute Gasteiger partial charge is 0.231 e. The molecule has 0 unspecified atom stereocenters. The van der Waals surface area contributed by atoms with Crippen LogP contribution in [0.1, 0.15) is 5.56 Å². The first-order chi connectivity index (χ1) is 8.81. The van der Waals surface area contributed by atoms with Gasteiger partial charge in [-0.2, -0.15) is 0 Å². The van der Waals surface area contributed by atoms with E-state index in [1.807, 2.05) is 42.5 Å². The van der Waals surface area contributed by atoms with Crippen LogP contribution < -0.4 is 14.8 Å². The van der Waals surface area contributed by atoms with Crippen molar-refractivity contribution >= 4 is 17.3 Å². The molecule has 1 N–H and O–H groups in total. The van der Waals surface area contributed by atoms with Gasteiger partial charge in [-0.25, -0.2) is 0 Å². The Morgan fingerprint density at radius 1 is 1.00 bits per heavy atom. The highest BCUT2D eigenvalue weighted by atomic mass is 35.5. The molecule has 1 heterocycles. The normalized spacial score (nSPS) is 12.5. The van der Waals surface area contributed by atoms with Crippen LogP contribution in [0.2, 0.25) is 5.02 Å². The van der Waals surface area contributed by atoms with Gasteiger partial charge in [-0.3, -0.25) is 0 Å². The Morgan fingerprint density at radius 2 is 1.78 bits per heavy atom. The van der Waals surface area contributed by atoms with Gasteiger partial charge in [0.15, 0.2) is 11.5 Å². The maximum Gasteiger partial charge on any atom is 0.231 e. The first-order valence-corrected chi connectivity index (χ1v) is 6.07. The summed E-state index contributed by atoms with van der Waals surface area (Å²) in [5, 5.41) is 4.06. The van der Waals surface area contributed by atoms with Crippen molar-refractivity contribution in [3.05, 3.63) is 53.1 Å². The summed E-state index contributed by atoms with van der Waals surface area (Å²) in [6.45, 7) is 1.04. The van der Waals surface area contributed by atoms with E-state index >= 15 is 0 Å². The van der Waals surface area contributed by atoms with Crippen LogP contribution in [-0.2, 0) is 6.54 Å². The van der Waals surface area contributed by atoms with Crippen molar-refractivity contribution in [2.45, 2.75) is 6.54 Å². The van der Waals surface area contributed by atoms with Gasteiger partial charge >= 0.3 is 0 Å². The van der Waals surface area contributed by atoms with Crippen molar-refractivity contribution in [2.24, 2.45) is 0 Å². The predicted octanol–water partition coefficient (Wildman–Crippen LogP) is 3.68. The number of fused-ring (bicyclic) bond motifs is 1. The Balaban J connectivity index is 1.68. The van der Waals surface area contributed by atoms with E-state index in [2.05, 4.69) is 5.32 Å². The molecule has 0 aliphatic carbocycles. The van der Waals surface area contributed by atoms with Gasteiger partial charge < -0.3 is 14.8 Å². The minimum Gasteiger partial charge on any atom is -0.454 e. The van der Waals surface area contributed by atoms with E-state index < -0.39 is 0 Å². The number of rotatable bonds is 3. The average molecular weight is 262 g/mol. The van der Waals surface area contributed by atoms with Crippen LogP contribution in [0.5, 0.6) is 11.5 Å². The molecule has 3 rings (SSSR count). The molecule has 4 heteroatoms. The van der Waals surface area contributed by atoms with E-state index in [-0.39, 0.29) is 0 Å². The monoisotopic (exact) mass is 261 g/mol. The molecular weight excluding hydrogens is 250 g/mol. The highest BCUT2D eigenvalue weighted by molar-refractivity contribution is 6.30. The molecule has 0 aromatic heterocycles. The zero-order valence-corrected chi connectivity index (χ0v) is 10.4. The van der Waals surface area contributed by atoms with Gasteiger partial charge in [0.1, 0.15) is 0 Å². The summed E-state index contributed by atoms with van der Waals surface area (Å²) in [4.78, 5) is 0. The lowest BCUT2D eigenvalue weighted by molar-refractivity contribution is 0.174. The maximum atomic E-state index is 5.83. The molecule has 0 saturated carbocycles. The summed E-state index contributed by atoms with van der Waals surface area (Å²) in [7, 11) is 0. The minimum atomic E-state index is 0.309. The Bertz CT molecular complexity index is 554. The molecule has 0 bridgehead atoms. The predicted molar refractivity (Wildman–Crippen MR) is 71.3 cm³/mol. The van der Waals surface area contributed by atoms with E-state index in [1.165, 1.54) is 0 Å². The third kappa shape index (κ3) is 2.36. The SMILES string of the molecule is Clc1ccc(NCc2ccc3c(c2)OCO3)cc1. The highest BCUT2D eigenvalue weighted by Crippen LogP contribution is 2.32. The number of halogens is 1. The molecule has 3 nitrogen and oxygen atoms in total. The van der Waals surface area contributed by atoms with Crippen LogP contribution in [0.3, 0.4) is 0 Å². The Kier molecular flexibility index (Phi) is 2.99. The van der Waals surface area contributed by atoms with Crippen molar-refractivity contribution in [2.75, 3.05) is 12.1 Å². The molecule has 0 amide bonds. The Hall–Kier alpha value is -1.87. The second kappa shape index (κ2) is 4.78. The van der Waals surface area contributed by atoms with Crippen LogP contribution in [0.15, 0.2) is 42.5 Å².